The average molecular weight is 362 g/mol. The van der Waals surface area contributed by atoms with E-state index in [2.05, 4.69) is 50.9 Å². The van der Waals surface area contributed by atoms with Crippen LogP contribution in [-0.2, 0) is 12.8 Å². The summed E-state index contributed by atoms with van der Waals surface area (Å²) in [5, 5.41) is 7.03. The minimum absolute atomic E-state index is 0.233. The van der Waals surface area contributed by atoms with E-state index < -0.39 is 0 Å². The van der Waals surface area contributed by atoms with E-state index >= 15 is 0 Å². The van der Waals surface area contributed by atoms with Gasteiger partial charge in [0, 0.05) is 31.0 Å². The Labute approximate surface area is 160 Å². The van der Waals surface area contributed by atoms with Gasteiger partial charge in [-0.05, 0) is 44.0 Å². The molecule has 2 aromatic heterocycles. The van der Waals surface area contributed by atoms with Gasteiger partial charge in [0.15, 0.2) is 0 Å². The number of benzene rings is 1. The predicted molar refractivity (Wildman–Crippen MR) is 107 cm³/mol. The van der Waals surface area contributed by atoms with Crippen molar-refractivity contribution in [1.29, 1.82) is 0 Å². The van der Waals surface area contributed by atoms with Crippen molar-refractivity contribution in [3.63, 3.8) is 0 Å². The molecule has 0 fully saturated rings. The molecule has 0 radical (unpaired) electrons. The Morgan fingerprint density at radius 2 is 1.93 bits per heavy atom. The molecule has 4 rings (SSSR count). The molecule has 0 spiro atoms. The van der Waals surface area contributed by atoms with Crippen LogP contribution in [0.5, 0.6) is 0 Å². The van der Waals surface area contributed by atoms with Gasteiger partial charge in [0.1, 0.15) is 17.4 Å². The number of aryl methyl sites for hydroxylation is 1. The van der Waals surface area contributed by atoms with Crippen LogP contribution in [0.4, 0.5) is 5.82 Å². The molecule has 0 saturated carbocycles. The number of rotatable bonds is 6. The molecular formula is C22H26N4O. The Bertz CT molecular complexity index is 862. The quantitative estimate of drug-likeness (QED) is 0.700. The van der Waals surface area contributed by atoms with Crippen LogP contribution in [0, 0.1) is 6.92 Å². The number of furan rings is 1. The fourth-order valence-electron chi connectivity index (χ4n) is 3.80. The summed E-state index contributed by atoms with van der Waals surface area (Å²) in [6, 6.07) is 14.6. The first kappa shape index (κ1) is 17.7. The maximum absolute atomic E-state index is 5.72. The van der Waals surface area contributed by atoms with Gasteiger partial charge in [0.2, 0.25) is 0 Å². The normalized spacial score (nSPS) is 15.0. The fraction of sp³-hybridized carbons (Fsp3) is 0.364. The van der Waals surface area contributed by atoms with Crippen LogP contribution in [0.2, 0.25) is 0 Å². The van der Waals surface area contributed by atoms with Crippen molar-refractivity contribution in [2.24, 2.45) is 0 Å². The number of nitrogens with zero attached hydrogens (tertiary/aromatic N) is 2. The van der Waals surface area contributed by atoms with Gasteiger partial charge in [-0.1, -0.05) is 30.3 Å². The summed E-state index contributed by atoms with van der Waals surface area (Å²) in [5.41, 5.74) is 3.72. The molecule has 0 amide bonds. The molecule has 0 saturated heterocycles. The maximum atomic E-state index is 5.72. The second kappa shape index (κ2) is 8.35. The minimum Gasteiger partial charge on any atom is -0.469 e. The summed E-state index contributed by atoms with van der Waals surface area (Å²) in [4.78, 5) is 9.35. The lowest BCUT2D eigenvalue weighted by atomic mass is 9.93. The summed E-state index contributed by atoms with van der Waals surface area (Å²) in [6.45, 7) is 4.76. The van der Waals surface area contributed by atoms with E-state index in [-0.39, 0.29) is 5.92 Å². The van der Waals surface area contributed by atoms with Crippen molar-refractivity contribution >= 4 is 5.82 Å². The molecule has 5 nitrogen and oxygen atoms in total. The summed E-state index contributed by atoms with van der Waals surface area (Å²) >= 11 is 0. The van der Waals surface area contributed by atoms with Crippen LogP contribution in [0.1, 0.15) is 40.7 Å². The molecule has 5 heteroatoms. The van der Waals surface area contributed by atoms with Crippen LogP contribution in [0.25, 0.3) is 0 Å². The zero-order chi connectivity index (χ0) is 18.5. The predicted octanol–water partition coefficient (Wildman–Crippen LogP) is 3.70. The largest absolute Gasteiger partial charge is 0.469 e. The first-order chi connectivity index (χ1) is 13.3. The van der Waals surface area contributed by atoms with Crippen molar-refractivity contribution in [2.45, 2.75) is 32.1 Å². The average Bonchev–Trinajstić information content (AvgIpc) is 3.11. The Morgan fingerprint density at radius 3 is 2.74 bits per heavy atom. The van der Waals surface area contributed by atoms with Crippen molar-refractivity contribution in [2.75, 3.05) is 25.0 Å². The lowest BCUT2D eigenvalue weighted by Gasteiger charge is -2.18. The van der Waals surface area contributed by atoms with Gasteiger partial charge in [-0.25, -0.2) is 9.97 Å². The Hall–Kier alpha value is -2.66. The van der Waals surface area contributed by atoms with Crippen molar-refractivity contribution in [1.82, 2.24) is 15.3 Å². The third-order valence-electron chi connectivity index (χ3n) is 5.11. The molecule has 27 heavy (non-hydrogen) atoms. The summed E-state index contributed by atoms with van der Waals surface area (Å²) in [7, 11) is 0. The molecule has 1 aliphatic rings. The van der Waals surface area contributed by atoms with E-state index in [0.717, 1.165) is 56.3 Å². The molecule has 1 atom stereocenters. The number of hydrogen-bond acceptors (Lipinski definition) is 5. The first-order valence-corrected chi connectivity index (χ1v) is 9.70. The molecule has 2 N–H and O–H groups in total. The molecule has 1 aromatic carbocycles. The van der Waals surface area contributed by atoms with Crippen LogP contribution in [0.3, 0.4) is 0 Å². The second-order valence-electron chi connectivity index (χ2n) is 6.99. The SMILES string of the molecule is Cc1nc2c(c(NCC[C@H](c3ccccc3)c3ccco3)n1)CCNCC2. The Kier molecular flexibility index (Phi) is 5.49. The molecule has 1 aliphatic heterocycles. The smallest absolute Gasteiger partial charge is 0.133 e. The van der Waals surface area contributed by atoms with E-state index in [4.69, 9.17) is 4.42 Å². The van der Waals surface area contributed by atoms with E-state index in [1.54, 1.807) is 6.26 Å². The minimum atomic E-state index is 0.233. The first-order valence-electron chi connectivity index (χ1n) is 9.70. The second-order valence-corrected chi connectivity index (χ2v) is 6.99. The number of aromatic nitrogens is 2. The number of anilines is 1. The maximum Gasteiger partial charge on any atom is 0.133 e. The fourth-order valence-corrected chi connectivity index (χ4v) is 3.80. The van der Waals surface area contributed by atoms with Crippen molar-refractivity contribution in [3.8, 4) is 0 Å². The van der Waals surface area contributed by atoms with Gasteiger partial charge in [-0.3, -0.25) is 0 Å². The zero-order valence-corrected chi connectivity index (χ0v) is 15.7. The number of nitrogens with one attached hydrogen (secondary N) is 2. The van der Waals surface area contributed by atoms with Gasteiger partial charge in [-0.2, -0.15) is 0 Å². The van der Waals surface area contributed by atoms with Crippen LogP contribution in [0.15, 0.2) is 53.1 Å². The van der Waals surface area contributed by atoms with Gasteiger partial charge >= 0.3 is 0 Å². The van der Waals surface area contributed by atoms with E-state index in [0.29, 0.717) is 0 Å². The van der Waals surface area contributed by atoms with Gasteiger partial charge in [0.25, 0.3) is 0 Å². The van der Waals surface area contributed by atoms with Gasteiger partial charge in [0.05, 0.1) is 12.0 Å². The topological polar surface area (TPSA) is 63.0 Å². The third-order valence-corrected chi connectivity index (χ3v) is 5.11. The highest BCUT2D eigenvalue weighted by Crippen LogP contribution is 2.28. The van der Waals surface area contributed by atoms with Crippen LogP contribution >= 0.6 is 0 Å². The molecule has 3 aromatic rings. The number of fused-ring (bicyclic) bond motifs is 1. The summed E-state index contributed by atoms with van der Waals surface area (Å²) < 4.78 is 5.72. The van der Waals surface area contributed by atoms with Crippen molar-refractivity contribution in [3.05, 3.63) is 77.1 Å². The van der Waals surface area contributed by atoms with Crippen LogP contribution < -0.4 is 10.6 Å². The summed E-state index contributed by atoms with van der Waals surface area (Å²) in [6.07, 6.45) is 4.62. The zero-order valence-electron chi connectivity index (χ0n) is 15.7. The highest BCUT2D eigenvalue weighted by atomic mass is 16.3. The third kappa shape index (κ3) is 4.19. The van der Waals surface area contributed by atoms with Gasteiger partial charge in [-0.15, -0.1) is 0 Å². The Morgan fingerprint density at radius 1 is 1.07 bits per heavy atom. The standard InChI is InChI=1S/C22H26N4O/c1-16-25-20-11-13-23-12-9-19(20)22(26-16)24-14-10-18(21-8-5-15-27-21)17-6-3-2-4-7-17/h2-8,15,18,23H,9-14H2,1H3,(H,24,25,26)/t18-/m1/s1. The molecule has 0 aliphatic carbocycles. The lowest BCUT2D eigenvalue weighted by Crippen LogP contribution is -2.16. The van der Waals surface area contributed by atoms with Crippen molar-refractivity contribution < 1.29 is 4.42 Å². The summed E-state index contributed by atoms with van der Waals surface area (Å²) in [5.74, 6) is 3.07. The van der Waals surface area contributed by atoms with E-state index in [9.17, 15) is 0 Å². The highest BCUT2D eigenvalue weighted by Gasteiger charge is 2.18. The molecule has 0 unspecified atom stereocenters. The molecule has 0 bridgehead atoms. The lowest BCUT2D eigenvalue weighted by molar-refractivity contribution is 0.477. The number of hydrogen-bond donors (Lipinski definition) is 2. The van der Waals surface area contributed by atoms with E-state index in [1.807, 2.05) is 19.1 Å². The van der Waals surface area contributed by atoms with E-state index in [1.165, 1.54) is 16.8 Å². The molecule has 140 valence electrons. The van der Waals surface area contributed by atoms with Crippen LogP contribution in [-0.4, -0.2) is 29.6 Å². The molecular weight excluding hydrogens is 336 g/mol. The van der Waals surface area contributed by atoms with Gasteiger partial charge < -0.3 is 15.1 Å². The monoisotopic (exact) mass is 362 g/mol. The Balaban J connectivity index is 1.51. The highest BCUT2D eigenvalue weighted by molar-refractivity contribution is 5.47. The molecule has 3 heterocycles.